The van der Waals surface area contributed by atoms with E-state index in [9.17, 15) is 8.42 Å². The molecule has 0 bridgehead atoms. The van der Waals surface area contributed by atoms with Gasteiger partial charge in [-0.3, -0.25) is 0 Å². The van der Waals surface area contributed by atoms with Gasteiger partial charge in [0.05, 0.1) is 4.90 Å². The maximum Gasteiger partial charge on any atom is 0.241 e. The van der Waals surface area contributed by atoms with E-state index in [2.05, 4.69) is 26.0 Å². The molecule has 0 unspecified atom stereocenters. The first-order valence-corrected chi connectivity index (χ1v) is 10.7. The van der Waals surface area contributed by atoms with Crippen LogP contribution in [0.25, 0.3) is 0 Å². The molecule has 0 atom stereocenters. The summed E-state index contributed by atoms with van der Waals surface area (Å²) in [7, 11) is -3.45. The number of nitrogens with one attached hydrogen (secondary N) is 2. The van der Waals surface area contributed by atoms with Crippen LogP contribution in [0.5, 0.6) is 0 Å². The molecule has 4 nitrogen and oxygen atoms in total. The predicted octanol–water partition coefficient (Wildman–Crippen LogP) is 2.73. The lowest BCUT2D eigenvalue weighted by atomic mass is 10.2. The molecule has 0 saturated heterocycles. The third-order valence-electron chi connectivity index (χ3n) is 3.27. The SMILES string of the molecule is CSCCCNS(=O)(=O)c1cc(CNC2CC2)ccc1Br. The molecule has 0 amide bonds. The molecule has 0 aromatic heterocycles. The van der Waals surface area contributed by atoms with Crippen molar-refractivity contribution in [2.24, 2.45) is 0 Å². The van der Waals surface area contributed by atoms with Crippen LogP contribution in [0.15, 0.2) is 27.6 Å². The monoisotopic (exact) mass is 392 g/mol. The second-order valence-electron chi connectivity index (χ2n) is 5.16. The van der Waals surface area contributed by atoms with Crippen molar-refractivity contribution in [3.63, 3.8) is 0 Å². The summed E-state index contributed by atoms with van der Waals surface area (Å²) in [6.45, 7) is 1.19. The number of thioether (sulfide) groups is 1. The summed E-state index contributed by atoms with van der Waals surface area (Å²) in [6, 6.07) is 6.11. The third-order valence-corrected chi connectivity index (χ3v) is 6.43. The van der Waals surface area contributed by atoms with Gasteiger partial charge < -0.3 is 5.32 Å². The van der Waals surface area contributed by atoms with Gasteiger partial charge in [0, 0.05) is 23.6 Å². The van der Waals surface area contributed by atoms with Crippen molar-refractivity contribution in [2.75, 3.05) is 18.6 Å². The van der Waals surface area contributed by atoms with Gasteiger partial charge in [0.25, 0.3) is 0 Å². The van der Waals surface area contributed by atoms with Gasteiger partial charge in [0.2, 0.25) is 10.0 Å². The Bertz CT molecular complexity index is 574. The number of rotatable bonds is 9. The van der Waals surface area contributed by atoms with E-state index < -0.39 is 10.0 Å². The number of benzene rings is 1. The van der Waals surface area contributed by atoms with Gasteiger partial charge in [0.1, 0.15) is 0 Å². The molecular formula is C14H21BrN2O2S2. The van der Waals surface area contributed by atoms with Crippen LogP contribution in [-0.2, 0) is 16.6 Å². The quantitative estimate of drug-likeness (QED) is 0.634. The Hall–Kier alpha value is -0.0800. The van der Waals surface area contributed by atoms with Crippen molar-refractivity contribution >= 4 is 37.7 Å². The normalized spacial score (nSPS) is 15.3. The number of halogens is 1. The molecule has 0 spiro atoms. The van der Waals surface area contributed by atoms with Gasteiger partial charge >= 0.3 is 0 Å². The van der Waals surface area contributed by atoms with E-state index >= 15 is 0 Å². The zero-order chi connectivity index (χ0) is 15.3. The van der Waals surface area contributed by atoms with E-state index in [-0.39, 0.29) is 0 Å². The number of sulfonamides is 1. The first kappa shape index (κ1) is 17.3. The highest BCUT2D eigenvalue weighted by Crippen LogP contribution is 2.24. The van der Waals surface area contributed by atoms with Crippen molar-refractivity contribution in [3.05, 3.63) is 28.2 Å². The van der Waals surface area contributed by atoms with Crippen LogP contribution in [0.1, 0.15) is 24.8 Å². The maximum absolute atomic E-state index is 12.4. The zero-order valence-corrected chi connectivity index (χ0v) is 15.3. The van der Waals surface area contributed by atoms with Crippen LogP contribution in [0, 0.1) is 0 Å². The molecule has 0 heterocycles. The molecule has 0 radical (unpaired) electrons. The molecule has 118 valence electrons. The number of hydrogen-bond acceptors (Lipinski definition) is 4. The van der Waals surface area contributed by atoms with Gasteiger partial charge in [-0.15, -0.1) is 0 Å². The highest BCUT2D eigenvalue weighted by molar-refractivity contribution is 9.10. The summed E-state index contributed by atoms with van der Waals surface area (Å²) in [5.41, 5.74) is 0.995. The van der Waals surface area contributed by atoms with Gasteiger partial charge in [-0.25, -0.2) is 13.1 Å². The summed E-state index contributed by atoms with van der Waals surface area (Å²) in [5.74, 6) is 0.953. The minimum atomic E-state index is -3.45. The Balaban J connectivity index is 2.03. The highest BCUT2D eigenvalue weighted by atomic mass is 79.9. The lowest BCUT2D eigenvalue weighted by molar-refractivity contribution is 0.580. The second-order valence-corrected chi connectivity index (χ2v) is 8.74. The molecule has 1 aliphatic carbocycles. The van der Waals surface area contributed by atoms with Crippen LogP contribution in [0.3, 0.4) is 0 Å². The fourth-order valence-corrected chi connectivity index (χ4v) is 4.43. The van der Waals surface area contributed by atoms with Crippen molar-refractivity contribution in [2.45, 2.75) is 36.7 Å². The zero-order valence-electron chi connectivity index (χ0n) is 12.1. The van der Waals surface area contributed by atoms with Crippen LogP contribution < -0.4 is 10.0 Å². The fraction of sp³-hybridized carbons (Fsp3) is 0.571. The molecule has 1 saturated carbocycles. The van der Waals surface area contributed by atoms with Gasteiger partial charge in [-0.2, -0.15) is 11.8 Å². The second kappa shape index (κ2) is 7.97. The molecule has 1 aliphatic rings. The molecule has 2 rings (SSSR count). The lowest BCUT2D eigenvalue weighted by Crippen LogP contribution is -2.26. The molecule has 1 fully saturated rings. The molecule has 1 aromatic rings. The molecule has 0 aliphatic heterocycles. The number of hydrogen-bond donors (Lipinski definition) is 2. The van der Waals surface area contributed by atoms with E-state index in [4.69, 9.17) is 0 Å². The minimum Gasteiger partial charge on any atom is -0.310 e. The Morgan fingerprint density at radius 2 is 2.14 bits per heavy atom. The average Bonchev–Trinajstić information content (AvgIpc) is 3.27. The Morgan fingerprint density at radius 3 is 2.81 bits per heavy atom. The van der Waals surface area contributed by atoms with Gasteiger partial charge in [-0.1, -0.05) is 6.07 Å². The van der Waals surface area contributed by atoms with Crippen molar-refractivity contribution < 1.29 is 8.42 Å². The highest BCUT2D eigenvalue weighted by Gasteiger charge is 2.21. The standard InChI is InChI=1S/C14H21BrN2O2S2/c1-20-8-2-7-17-21(18,19)14-9-11(3-6-13(14)15)10-16-12-4-5-12/h3,6,9,12,16-17H,2,4-5,7-8,10H2,1H3. The molecule has 7 heteroatoms. The molecule has 1 aromatic carbocycles. The third kappa shape index (κ3) is 5.56. The summed E-state index contributed by atoms with van der Waals surface area (Å²) in [4.78, 5) is 0.321. The van der Waals surface area contributed by atoms with E-state index in [1.54, 1.807) is 23.9 Å². The Morgan fingerprint density at radius 1 is 1.38 bits per heavy atom. The van der Waals surface area contributed by atoms with Crippen LogP contribution in [0.2, 0.25) is 0 Å². The lowest BCUT2D eigenvalue weighted by Gasteiger charge is -2.11. The Kier molecular flexibility index (Phi) is 6.55. The van der Waals surface area contributed by atoms with E-state index in [1.807, 2.05) is 12.3 Å². The molecule has 21 heavy (non-hydrogen) atoms. The van der Waals surface area contributed by atoms with Crippen molar-refractivity contribution in [1.29, 1.82) is 0 Å². The van der Waals surface area contributed by atoms with Crippen LogP contribution in [-0.4, -0.2) is 33.0 Å². The maximum atomic E-state index is 12.4. The van der Waals surface area contributed by atoms with Gasteiger partial charge in [0.15, 0.2) is 0 Å². The predicted molar refractivity (Wildman–Crippen MR) is 92.2 cm³/mol. The largest absolute Gasteiger partial charge is 0.310 e. The topological polar surface area (TPSA) is 58.2 Å². The first-order valence-electron chi connectivity index (χ1n) is 7.03. The van der Waals surface area contributed by atoms with Crippen molar-refractivity contribution in [3.8, 4) is 0 Å². The van der Waals surface area contributed by atoms with Crippen molar-refractivity contribution in [1.82, 2.24) is 10.0 Å². The first-order chi connectivity index (χ1) is 10.0. The average molecular weight is 393 g/mol. The summed E-state index contributed by atoms with van der Waals surface area (Å²) in [6.07, 6.45) is 5.29. The van der Waals surface area contributed by atoms with E-state index in [0.29, 0.717) is 28.5 Å². The molecule has 2 N–H and O–H groups in total. The van der Waals surface area contributed by atoms with E-state index in [0.717, 1.165) is 17.7 Å². The fourth-order valence-electron chi connectivity index (χ4n) is 1.91. The molecular weight excluding hydrogens is 372 g/mol. The summed E-state index contributed by atoms with van der Waals surface area (Å²) in [5, 5.41) is 3.40. The smallest absolute Gasteiger partial charge is 0.241 e. The van der Waals surface area contributed by atoms with Crippen LogP contribution >= 0.6 is 27.7 Å². The van der Waals surface area contributed by atoms with E-state index in [1.165, 1.54) is 12.8 Å². The summed E-state index contributed by atoms with van der Waals surface area (Å²) < 4.78 is 28.0. The summed E-state index contributed by atoms with van der Waals surface area (Å²) >= 11 is 5.05. The van der Waals surface area contributed by atoms with Gasteiger partial charge in [-0.05, 0) is 64.9 Å². The van der Waals surface area contributed by atoms with Crippen LogP contribution in [0.4, 0.5) is 0 Å². The Labute approximate surface area is 139 Å². The minimum absolute atomic E-state index is 0.321.